The molecule has 1 aromatic rings. The van der Waals surface area contributed by atoms with Crippen LogP contribution in [-0.2, 0) is 19.2 Å². The van der Waals surface area contributed by atoms with Crippen molar-refractivity contribution in [2.75, 3.05) is 13.2 Å². The monoisotopic (exact) mass is 826 g/mol. The molecule has 6 N–H and O–H groups in total. The largest absolute Gasteiger partial charge is 0.665 e. The molecule has 0 unspecified atom stereocenters. The second-order valence-corrected chi connectivity index (χ2v) is 10.0. The molecule has 3 atom stereocenters. The molecule has 1 radical (unpaired) electrons. The van der Waals surface area contributed by atoms with Crippen molar-refractivity contribution in [2.45, 2.75) is 108 Å². The van der Waals surface area contributed by atoms with Gasteiger partial charge in [-0.1, -0.05) is 69.6 Å². The molecule has 11 nitrogen and oxygen atoms in total. The number of aliphatic carboxylic acids is 2. The number of hydrogen-bond acceptors (Lipinski definition) is 6. The van der Waals surface area contributed by atoms with E-state index in [0.29, 0.717) is 25.9 Å². The molecule has 0 aliphatic rings. The zero-order valence-corrected chi connectivity index (χ0v) is 25.7. The first-order valence-corrected chi connectivity index (χ1v) is 14.3. The van der Waals surface area contributed by atoms with E-state index in [1.165, 1.54) is 0 Å². The Hall–Kier alpha value is -4.18. The molecule has 1 aromatic carbocycles. The van der Waals surface area contributed by atoms with Gasteiger partial charge in [0.2, 0.25) is 11.8 Å². The number of carboxylic acid groups (broad SMARTS) is 2. The van der Waals surface area contributed by atoms with Crippen LogP contribution in [0.3, 0.4) is 0 Å². The van der Waals surface area contributed by atoms with E-state index in [1.807, 2.05) is 30.3 Å². The number of benzene rings is 1. The fraction of sp³-hybridized carbons (Fsp3) is 0.655. The summed E-state index contributed by atoms with van der Waals surface area (Å²) in [5, 5.41) is 32.7. The van der Waals surface area contributed by atoms with E-state index in [-0.39, 0.29) is 38.2 Å². The number of unbranched alkanes of at least 4 members (excludes halogenated alkanes) is 7. The van der Waals surface area contributed by atoms with Gasteiger partial charge < -0.3 is 36.4 Å². The Kier molecular flexibility index (Phi) is 20.3. The SMILES string of the molecule is [Lr].[NH-][C@H](CCC[C@@H](CO)NC(=O)CC[C@@H](NC(=O)CCCCCCCCCCOc1ccccc1)C(=O)O)C(=O)O. The summed E-state index contributed by atoms with van der Waals surface area (Å²) in [5.74, 6) is -2.37. The Morgan fingerprint density at radius 1 is 0.732 bits per heavy atom. The number of carboxylic acids is 2. The molecule has 241 valence electrons. The van der Waals surface area contributed by atoms with E-state index in [9.17, 15) is 29.4 Å². The van der Waals surface area contributed by atoms with Gasteiger partial charge in [0.25, 0.3) is 5.97 Å². The van der Waals surface area contributed by atoms with Crippen LogP contribution in [0.15, 0.2) is 30.3 Å². The fourth-order valence-corrected chi connectivity index (χ4v) is 4.16. The predicted molar refractivity (Wildman–Crippen MR) is 151 cm³/mol. The maximum absolute atomic E-state index is 12.2. The molecule has 0 fully saturated rings. The van der Waals surface area contributed by atoms with Gasteiger partial charge in [0.15, 0.2) is 0 Å². The molecular formula is C29H46LrN3O8-. The smallest absolute Gasteiger partial charge is 0.326 e. The van der Waals surface area contributed by atoms with Crippen LogP contribution in [0.1, 0.15) is 89.9 Å². The summed E-state index contributed by atoms with van der Waals surface area (Å²) < 4.78 is 5.68. The minimum absolute atomic E-state index is 0. The summed E-state index contributed by atoms with van der Waals surface area (Å²) in [5.41, 5.74) is 7.36. The van der Waals surface area contributed by atoms with Gasteiger partial charge in [-0.05, 0) is 43.9 Å². The zero-order chi connectivity index (χ0) is 29.6. The summed E-state index contributed by atoms with van der Waals surface area (Å²) in [6, 6.07) is 6.71. The van der Waals surface area contributed by atoms with E-state index in [1.54, 1.807) is 0 Å². The average Bonchev–Trinajstić information content (AvgIpc) is 2.93. The van der Waals surface area contributed by atoms with Crippen LogP contribution < -0.4 is 15.4 Å². The molecule has 1 rings (SSSR count). The number of aliphatic hydroxyl groups excluding tert-OH is 1. The molecule has 0 bridgehead atoms. The third-order valence-electron chi connectivity index (χ3n) is 6.53. The van der Waals surface area contributed by atoms with Crippen molar-refractivity contribution < 1.29 is 39.2 Å². The summed E-state index contributed by atoms with van der Waals surface area (Å²) in [7, 11) is 0. The van der Waals surface area contributed by atoms with Gasteiger partial charge in [-0.25, -0.2) is 4.79 Å². The molecule has 0 aliphatic heterocycles. The minimum Gasteiger partial charge on any atom is -0.665 e. The summed E-state index contributed by atoms with van der Waals surface area (Å²) >= 11 is 0. The number of nitrogens with one attached hydrogen (secondary N) is 3. The molecule has 0 heterocycles. The second-order valence-electron chi connectivity index (χ2n) is 10.0. The van der Waals surface area contributed by atoms with Crippen molar-refractivity contribution in [1.82, 2.24) is 10.6 Å². The van der Waals surface area contributed by atoms with Gasteiger partial charge in [-0.3, -0.25) is 14.4 Å². The summed E-state index contributed by atoms with van der Waals surface area (Å²) in [6.07, 6.45) is 8.79. The molecule has 41 heavy (non-hydrogen) atoms. The van der Waals surface area contributed by atoms with Crippen molar-refractivity contribution in [3.05, 3.63) is 36.1 Å². The third kappa shape index (κ3) is 18.7. The Bertz CT molecular complexity index is 875. The van der Waals surface area contributed by atoms with Gasteiger partial charge in [-0.2, -0.15) is 0 Å². The predicted octanol–water partition coefficient (Wildman–Crippen LogP) is 4.08. The third-order valence-corrected chi connectivity index (χ3v) is 6.53. The number of carbonyl (C=O) groups excluding carboxylic acids is 2. The zero-order valence-electron chi connectivity index (χ0n) is 23.6. The first kappa shape index (κ1) is 36.8. The van der Waals surface area contributed by atoms with Gasteiger partial charge in [-0.15, -0.1) is 0 Å². The van der Waals surface area contributed by atoms with Crippen LogP contribution in [0, 0.1) is 0 Å². The van der Waals surface area contributed by atoms with Crippen LogP contribution in [0.25, 0.3) is 5.73 Å². The first-order chi connectivity index (χ1) is 19.2. The molecule has 2 amide bonds. The maximum Gasteiger partial charge on any atom is 0.326 e. The molecule has 0 saturated heterocycles. The number of aliphatic hydroxyl groups is 1. The van der Waals surface area contributed by atoms with E-state index in [2.05, 4.69) is 10.6 Å². The Morgan fingerprint density at radius 3 is 1.90 bits per heavy atom. The van der Waals surface area contributed by atoms with E-state index < -0.39 is 36.0 Å². The second kappa shape index (κ2) is 22.6. The number of rotatable bonds is 24. The van der Waals surface area contributed by atoms with Crippen molar-refractivity contribution >= 4 is 23.8 Å². The molecule has 0 saturated carbocycles. The first-order valence-electron chi connectivity index (χ1n) is 14.3. The molecular weight excluding hydrogens is 780 g/mol. The quantitative estimate of drug-likeness (QED) is 0.0966. The van der Waals surface area contributed by atoms with E-state index in [0.717, 1.165) is 50.7 Å². The molecule has 0 aromatic heterocycles. The van der Waals surface area contributed by atoms with Gasteiger partial charge in [0, 0.05) is 12.8 Å². The van der Waals surface area contributed by atoms with Gasteiger partial charge in [0.05, 0.1) is 19.3 Å². The topological polar surface area (TPSA) is 186 Å². The summed E-state index contributed by atoms with van der Waals surface area (Å²) in [6.45, 7) is 0.360. The Morgan fingerprint density at radius 2 is 1.32 bits per heavy atom. The van der Waals surface area contributed by atoms with Crippen LogP contribution in [0.2, 0.25) is 0 Å². The Labute approximate surface area is 236 Å². The van der Waals surface area contributed by atoms with E-state index in [4.69, 9.17) is 15.6 Å². The molecule has 12 heteroatoms. The van der Waals surface area contributed by atoms with Crippen LogP contribution >= 0.6 is 0 Å². The van der Waals surface area contributed by atoms with Crippen molar-refractivity contribution in [2.24, 2.45) is 0 Å². The number of carbonyl (C=O) groups is 4. The molecule has 0 aliphatic carbocycles. The number of amides is 2. The van der Waals surface area contributed by atoms with Gasteiger partial charge >= 0.3 is 5.97 Å². The number of para-hydroxylation sites is 1. The van der Waals surface area contributed by atoms with Crippen LogP contribution in [0.4, 0.5) is 0 Å². The van der Waals surface area contributed by atoms with Crippen molar-refractivity contribution in [3.8, 4) is 5.75 Å². The standard InChI is InChI=1S/C29H46N3O8.Lr/c30-24(28(36)37)16-12-13-22(21-33)31-27(35)19-18-25(29(38)39)32-26(34)17-10-5-3-1-2-4-6-11-20-40-23-14-8-7-9-15-23;/h7-9,14-15,22,24-25,30,33H,1-6,10-13,16-21H2,(H,31,35)(H,32,34)(H,36,37)(H,38,39);/q-1;/t22-,24+,25+;/m0./s1. The van der Waals surface area contributed by atoms with Gasteiger partial charge in [0.1, 0.15) is 11.8 Å². The van der Waals surface area contributed by atoms with Crippen molar-refractivity contribution in [3.63, 3.8) is 0 Å². The number of hydrogen-bond donors (Lipinski definition) is 5. The fourth-order valence-electron chi connectivity index (χ4n) is 4.16. The maximum atomic E-state index is 12.2. The minimum atomic E-state index is -1.25. The van der Waals surface area contributed by atoms with Crippen LogP contribution in [0.5, 0.6) is 5.75 Å². The van der Waals surface area contributed by atoms with Crippen LogP contribution in [-0.4, -0.2) is 70.4 Å². The van der Waals surface area contributed by atoms with E-state index >= 15 is 0 Å². The average molecular weight is 827 g/mol. The Balaban J connectivity index is 0.0000160. The number of ether oxygens (including phenoxy) is 1. The van der Waals surface area contributed by atoms with Crippen molar-refractivity contribution in [1.29, 1.82) is 0 Å². The molecule has 0 spiro atoms. The summed E-state index contributed by atoms with van der Waals surface area (Å²) in [4.78, 5) is 46.6. The normalized spacial score (nSPS) is 12.8.